The minimum absolute atomic E-state index is 0.0445. The molecule has 5 heteroatoms. The van der Waals surface area contributed by atoms with Gasteiger partial charge in [-0.15, -0.1) is 0 Å². The topological polar surface area (TPSA) is 69.6 Å². The molecule has 0 aromatic rings. The predicted octanol–water partition coefficient (Wildman–Crippen LogP) is 2.46. The summed E-state index contributed by atoms with van der Waals surface area (Å²) in [4.78, 5) is 24.4. The van der Waals surface area contributed by atoms with Crippen LogP contribution >= 0.6 is 0 Å². The number of unbranched alkanes of at least 4 members (excludes halogenated alkanes) is 2. The number of carboxylic acid groups (broad SMARTS) is 1. The van der Waals surface area contributed by atoms with E-state index < -0.39 is 5.97 Å². The molecule has 1 saturated heterocycles. The lowest BCUT2D eigenvalue weighted by atomic mass is 10.1. The second-order valence-electron chi connectivity index (χ2n) is 5.54. The number of aliphatic carboxylic acids is 1. The Morgan fingerprint density at radius 2 is 2.16 bits per heavy atom. The van der Waals surface area contributed by atoms with Crippen LogP contribution in [0.25, 0.3) is 0 Å². The van der Waals surface area contributed by atoms with Crippen molar-refractivity contribution in [3.63, 3.8) is 0 Å². The maximum atomic E-state index is 12.0. The largest absolute Gasteiger partial charge is 0.481 e. The summed E-state index contributed by atoms with van der Waals surface area (Å²) in [6, 6.07) is 0.148. The van der Waals surface area contributed by atoms with Crippen LogP contribution in [0.1, 0.15) is 52.4 Å². The Labute approximate surface area is 115 Å². The van der Waals surface area contributed by atoms with Crippen LogP contribution in [0, 0.1) is 5.92 Å². The normalized spacial score (nSPS) is 20.3. The zero-order chi connectivity index (χ0) is 14.3. The zero-order valence-electron chi connectivity index (χ0n) is 12.0. The van der Waals surface area contributed by atoms with Crippen molar-refractivity contribution in [2.75, 3.05) is 13.1 Å². The van der Waals surface area contributed by atoms with Gasteiger partial charge in [-0.25, -0.2) is 4.79 Å². The quantitative estimate of drug-likeness (QED) is 0.698. The van der Waals surface area contributed by atoms with Gasteiger partial charge < -0.3 is 15.3 Å². The van der Waals surface area contributed by atoms with E-state index in [2.05, 4.69) is 12.2 Å². The third-order valence-corrected chi connectivity index (χ3v) is 3.65. The fourth-order valence-corrected chi connectivity index (χ4v) is 2.51. The van der Waals surface area contributed by atoms with Crippen LogP contribution in [-0.2, 0) is 4.79 Å². The molecule has 0 bridgehead atoms. The fourth-order valence-electron chi connectivity index (χ4n) is 2.51. The third kappa shape index (κ3) is 5.94. The Balaban J connectivity index is 2.25. The molecule has 1 fully saturated rings. The SMILES string of the molecule is CCCCCC(C)NC(=O)N1CCC(CC(=O)O)C1. The minimum atomic E-state index is -0.778. The molecule has 1 rings (SSSR count). The molecule has 0 saturated carbocycles. The van der Waals surface area contributed by atoms with Crippen molar-refractivity contribution in [3.8, 4) is 0 Å². The number of urea groups is 1. The van der Waals surface area contributed by atoms with Gasteiger partial charge in [0.1, 0.15) is 0 Å². The summed E-state index contributed by atoms with van der Waals surface area (Å²) in [6.07, 6.45) is 5.49. The zero-order valence-corrected chi connectivity index (χ0v) is 12.0. The fraction of sp³-hybridized carbons (Fsp3) is 0.857. The molecule has 1 heterocycles. The van der Waals surface area contributed by atoms with E-state index in [1.165, 1.54) is 12.8 Å². The minimum Gasteiger partial charge on any atom is -0.481 e. The number of hydrogen-bond acceptors (Lipinski definition) is 2. The lowest BCUT2D eigenvalue weighted by Crippen LogP contribution is -2.42. The third-order valence-electron chi connectivity index (χ3n) is 3.65. The molecule has 0 aromatic heterocycles. The number of nitrogens with zero attached hydrogens (tertiary/aromatic N) is 1. The molecular formula is C14H26N2O3. The first-order valence-corrected chi connectivity index (χ1v) is 7.30. The molecule has 1 aliphatic heterocycles. The summed E-state index contributed by atoms with van der Waals surface area (Å²) in [5, 5.41) is 11.7. The van der Waals surface area contributed by atoms with Gasteiger partial charge in [0.25, 0.3) is 0 Å². The van der Waals surface area contributed by atoms with E-state index in [0.29, 0.717) is 13.1 Å². The highest BCUT2D eigenvalue weighted by Gasteiger charge is 2.28. The van der Waals surface area contributed by atoms with Crippen molar-refractivity contribution in [2.45, 2.75) is 58.4 Å². The van der Waals surface area contributed by atoms with E-state index >= 15 is 0 Å². The summed E-state index contributed by atoms with van der Waals surface area (Å²) < 4.78 is 0. The van der Waals surface area contributed by atoms with Crippen molar-refractivity contribution in [3.05, 3.63) is 0 Å². The standard InChI is InChI=1S/C14H26N2O3/c1-3-4-5-6-11(2)15-14(19)16-8-7-12(10-16)9-13(17)18/h11-12H,3-10H2,1-2H3,(H,15,19)(H,17,18). The summed E-state index contributed by atoms with van der Waals surface area (Å²) in [7, 11) is 0. The van der Waals surface area contributed by atoms with Crippen LogP contribution in [0.4, 0.5) is 4.79 Å². The number of nitrogens with one attached hydrogen (secondary N) is 1. The second kappa shape index (κ2) is 8.02. The molecule has 0 aliphatic carbocycles. The second-order valence-corrected chi connectivity index (χ2v) is 5.54. The number of likely N-dealkylation sites (tertiary alicyclic amines) is 1. The number of amides is 2. The van der Waals surface area contributed by atoms with E-state index in [1.54, 1.807) is 4.90 Å². The van der Waals surface area contributed by atoms with Crippen LogP contribution in [0.3, 0.4) is 0 Å². The number of rotatable bonds is 7. The van der Waals surface area contributed by atoms with Crippen molar-refractivity contribution >= 4 is 12.0 Å². The molecule has 2 amide bonds. The lowest BCUT2D eigenvalue weighted by Gasteiger charge is -2.21. The van der Waals surface area contributed by atoms with Gasteiger partial charge in [0, 0.05) is 25.6 Å². The van der Waals surface area contributed by atoms with Gasteiger partial charge in [-0.2, -0.15) is 0 Å². The first-order valence-electron chi connectivity index (χ1n) is 7.30. The molecule has 19 heavy (non-hydrogen) atoms. The van der Waals surface area contributed by atoms with Crippen molar-refractivity contribution < 1.29 is 14.7 Å². The molecular weight excluding hydrogens is 244 g/mol. The van der Waals surface area contributed by atoms with Gasteiger partial charge in [-0.3, -0.25) is 4.79 Å². The molecule has 0 aromatic carbocycles. The molecule has 0 spiro atoms. The highest BCUT2D eigenvalue weighted by atomic mass is 16.4. The van der Waals surface area contributed by atoms with Crippen LogP contribution in [-0.4, -0.2) is 41.1 Å². The Hall–Kier alpha value is -1.26. The maximum Gasteiger partial charge on any atom is 0.317 e. The van der Waals surface area contributed by atoms with E-state index in [-0.39, 0.29) is 24.4 Å². The van der Waals surface area contributed by atoms with Gasteiger partial charge in [0.15, 0.2) is 0 Å². The maximum absolute atomic E-state index is 12.0. The number of carboxylic acids is 1. The van der Waals surface area contributed by atoms with Crippen molar-refractivity contribution in [2.24, 2.45) is 5.92 Å². The molecule has 5 nitrogen and oxygen atoms in total. The van der Waals surface area contributed by atoms with Gasteiger partial charge in [0.2, 0.25) is 0 Å². The molecule has 1 aliphatic rings. The first kappa shape index (κ1) is 15.8. The van der Waals surface area contributed by atoms with Crippen LogP contribution in [0.5, 0.6) is 0 Å². The highest BCUT2D eigenvalue weighted by molar-refractivity contribution is 5.75. The van der Waals surface area contributed by atoms with Crippen molar-refractivity contribution in [1.82, 2.24) is 10.2 Å². The number of carbonyl (C=O) groups is 2. The van der Waals surface area contributed by atoms with Crippen LogP contribution in [0.15, 0.2) is 0 Å². The number of carbonyl (C=O) groups excluding carboxylic acids is 1. The molecule has 2 unspecified atom stereocenters. The summed E-state index contributed by atoms with van der Waals surface area (Å²) >= 11 is 0. The Kier molecular flexibility index (Phi) is 6.67. The molecule has 110 valence electrons. The highest BCUT2D eigenvalue weighted by Crippen LogP contribution is 2.19. The summed E-state index contributed by atoms with van der Waals surface area (Å²) in [5.74, 6) is -0.668. The smallest absolute Gasteiger partial charge is 0.317 e. The van der Waals surface area contributed by atoms with Gasteiger partial charge in [0.05, 0.1) is 0 Å². The van der Waals surface area contributed by atoms with Crippen LogP contribution < -0.4 is 5.32 Å². The van der Waals surface area contributed by atoms with Gasteiger partial charge >= 0.3 is 12.0 Å². The predicted molar refractivity (Wildman–Crippen MR) is 74.1 cm³/mol. The molecule has 0 radical (unpaired) electrons. The molecule has 2 N–H and O–H groups in total. The monoisotopic (exact) mass is 270 g/mol. The van der Waals surface area contributed by atoms with E-state index in [0.717, 1.165) is 19.3 Å². The van der Waals surface area contributed by atoms with E-state index in [9.17, 15) is 9.59 Å². The van der Waals surface area contributed by atoms with Crippen molar-refractivity contribution in [1.29, 1.82) is 0 Å². The lowest BCUT2D eigenvalue weighted by molar-refractivity contribution is -0.138. The Morgan fingerprint density at radius 3 is 2.79 bits per heavy atom. The summed E-state index contributed by atoms with van der Waals surface area (Å²) in [5.41, 5.74) is 0. The average Bonchev–Trinajstić information content (AvgIpc) is 2.77. The first-order chi connectivity index (χ1) is 9.02. The molecule has 2 atom stereocenters. The van der Waals surface area contributed by atoms with E-state index in [1.807, 2.05) is 6.92 Å². The van der Waals surface area contributed by atoms with Gasteiger partial charge in [-0.05, 0) is 25.7 Å². The summed E-state index contributed by atoms with van der Waals surface area (Å²) in [6.45, 7) is 5.43. The van der Waals surface area contributed by atoms with Crippen LogP contribution in [0.2, 0.25) is 0 Å². The Bertz CT molecular complexity index is 307. The van der Waals surface area contributed by atoms with Gasteiger partial charge in [-0.1, -0.05) is 26.2 Å². The average molecular weight is 270 g/mol. The number of hydrogen-bond donors (Lipinski definition) is 2. The Morgan fingerprint density at radius 1 is 1.42 bits per heavy atom. The van der Waals surface area contributed by atoms with E-state index in [4.69, 9.17) is 5.11 Å².